The van der Waals surface area contributed by atoms with Crippen molar-refractivity contribution in [2.45, 2.75) is 32.1 Å². The lowest BCUT2D eigenvalue weighted by Crippen LogP contribution is -2.33. The first-order valence-corrected chi connectivity index (χ1v) is 5.40. The zero-order valence-electron chi connectivity index (χ0n) is 9.02. The molecule has 0 rings (SSSR count). The van der Waals surface area contributed by atoms with Gasteiger partial charge in [-0.15, -0.1) is 0 Å². The minimum absolute atomic E-state index is 0.227. The molecule has 76 valence electrons. The van der Waals surface area contributed by atoms with Crippen molar-refractivity contribution in [2.24, 2.45) is 5.73 Å². The van der Waals surface area contributed by atoms with Gasteiger partial charge in [-0.3, -0.25) is 0 Å². The Hall–Kier alpha value is 0.0969. The van der Waals surface area contributed by atoms with Gasteiger partial charge in [-0.2, -0.15) is 0 Å². The molecule has 0 spiro atoms. The highest BCUT2D eigenvalue weighted by molar-refractivity contribution is 6.13. The molecule has 0 atom stereocenters. The zero-order valence-corrected chi connectivity index (χ0v) is 11.0. The molecule has 4 heteroatoms. The van der Waals surface area contributed by atoms with Crippen LogP contribution in [0.1, 0.15) is 26.7 Å². The van der Waals surface area contributed by atoms with Crippen LogP contribution in [0.25, 0.3) is 0 Å². The van der Waals surface area contributed by atoms with Crippen LogP contribution in [0.2, 0.25) is 0 Å². The molecule has 0 aliphatic carbocycles. The van der Waals surface area contributed by atoms with E-state index in [0.29, 0.717) is 0 Å². The molecule has 0 bridgehead atoms. The number of hydrogen-bond acceptors (Lipinski definition) is 3. The van der Waals surface area contributed by atoms with Crippen molar-refractivity contribution in [1.29, 1.82) is 0 Å². The van der Waals surface area contributed by atoms with Gasteiger partial charge in [-0.05, 0) is 13.0 Å². The average Bonchev–Trinajstić information content (AvgIpc) is 2.06. The fourth-order valence-electron chi connectivity index (χ4n) is 0.742. The van der Waals surface area contributed by atoms with E-state index >= 15 is 0 Å². The number of ether oxygens (including phenoxy) is 2. The summed E-state index contributed by atoms with van der Waals surface area (Å²) < 4.78 is 10.3. The van der Waals surface area contributed by atoms with Crippen molar-refractivity contribution in [1.82, 2.24) is 0 Å². The summed E-state index contributed by atoms with van der Waals surface area (Å²) in [6.07, 6.45) is 2.12. The molecule has 0 saturated heterocycles. The van der Waals surface area contributed by atoms with E-state index in [4.69, 9.17) is 15.2 Å². The molecule has 0 saturated carbocycles. The highest BCUT2D eigenvalue weighted by Gasteiger charge is 2.19. The smallest absolute Gasteiger partial charge is 0.140 e. The van der Waals surface area contributed by atoms with Crippen molar-refractivity contribution in [3.63, 3.8) is 0 Å². The van der Waals surface area contributed by atoms with Crippen molar-refractivity contribution in [3.05, 3.63) is 0 Å². The van der Waals surface area contributed by atoms with Gasteiger partial charge in [-0.25, -0.2) is 0 Å². The summed E-state index contributed by atoms with van der Waals surface area (Å²) in [6.45, 7) is 4.78. The summed E-state index contributed by atoms with van der Waals surface area (Å²) >= 11 is 0. The number of methoxy groups -OCH3 is 2. The van der Waals surface area contributed by atoms with Gasteiger partial charge in [0.25, 0.3) is 0 Å². The Morgan fingerprint density at radius 2 is 1.58 bits per heavy atom. The third kappa shape index (κ3) is 8.20. The first-order valence-electron chi connectivity index (χ1n) is 4.40. The van der Waals surface area contributed by atoms with Crippen LogP contribution in [0.3, 0.4) is 0 Å². The molecule has 0 radical (unpaired) electrons. The molecule has 3 nitrogen and oxygen atoms in total. The summed E-state index contributed by atoms with van der Waals surface area (Å²) in [5.41, 5.74) is 4.62. The molecule has 0 amide bonds. The number of rotatable bonds is 4. The Morgan fingerprint density at radius 1 is 1.25 bits per heavy atom. The van der Waals surface area contributed by atoms with Crippen molar-refractivity contribution in [3.8, 4) is 0 Å². The fourth-order valence-corrected chi connectivity index (χ4v) is 1.24. The highest BCUT2D eigenvalue weighted by Crippen LogP contribution is 2.12. The predicted octanol–water partition coefficient (Wildman–Crippen LogP) is 0.0635. The van der Waals surface area contributed by atoms with Crippen LogP contribution < -0.4 is 5.73 Å². The second-order valence-corrected chi connectivity index (χ2v) is 4.22. The second-order valence-electron chi connectivity index (χ2n) is 2.70. The SMILES string of the molecule is CCCC([SiH3])(OC)OC.CCN. The Bertz CT molecular complexity index is 87.1. The van der Waals surface area contributed by atoms with Crippen LogP contribution in [0, 0.1) is 0 Å². The van der Waals surface area contributed by atoms with Gasteiger partial charge in [0.2, 0.25) is 0 Å². The van der Waals surface area contributed by atoms with Gasteiger partial charge in [0.1, 0.15) is 5.41 Å². The lowest BCUT2D eigenvalue weighted by atomic mass is 10.3. The van der Waals surface area contributed by atoms with E-state index in [1.165, 1.54) is 0 Å². The van der Waals surface area contributed by atoms with Gasteiger partial charge in [0, 0.05) is 14.2 Å². The molecule has 0 aromatic rings. The third-order valence-corrected chi connectivity index (χ3v) is 2.88. The lowest BCUT2D eigenvalue weighted by Gasteiger charge is -2.25. The third-order valence-electron chi connectivity index (χ3n) is 1.57. The van der Waals surface area contributed by atoms with E-state index < -0.39 is 0 Å². The minimum atomic E-state index is -0.227. The normalized spacial score (nSPS) is 10.8. The van der Waals surface area contributed by atoms with Crippen LogP contribution in [0.5, 0.6) is 0 Å². The van der Waals surface area contributed by atoms with Gasteiger partial charge in [0.05, 0.1) is 10.2 Å². The largest absolute Gasteiger partial charge is 0.358 e. The molecule has 0 unspecified atom stereocenters. The monoisotopic (exact) mass is 193 g/mol. The van der Waals surface area contributed by atoms with Gasteiger partial charge >= 0.3 is 0 Å². The number of hydrogen-bond donors (Lipinski definition) is 1. The summed E-state index contributed by atoms with van der Waals surface area (Å²) in [4.78, 5) is 0. The lowest BCUT2D eigenvalue weighted by molar-refractivity contribution is -0.145. The van der Waals surface area contributed by atoms with Crippen LogP contribution >= 0.6 is 0 Å². The first-order chi connectivity index (χ1) is 5.60. The topological polar surface area (TPSA) is 44.5 Å². The molecule has 0 aromatic heterocycles. The van der Waals surface area contributed by atoms with Gasteiger partial charge in [-0.1, -0.05) is 20.3 Å². The molecule has 0 aliphatic rings. The summed E-state index contributed by atoms with van der Waals surface area (Å²) in [7, 11) is 4.34. The van der Waals surface area contributed by atoms with Crippen LogP contribution in [-0.2, 0) is 9.47 Å². The summed E-state index contributed by atoms with van der Waals surface area (Å²) in [5, 5.41) is 0. The average molecular weight is 193 g/mol. The van der Waals surface area contributed by atoms with E-state index in [9.17, 15) is 0 Å². The minimum Gasteiger partial charge on any atom is -0.358 e. The Labute approximate surface area is 79.0 Å². The van der Waals surface area contributed by atoms with E-state index in [0.717, 1.165) is 29.6 Å². The first kappa shape index (κ1) is 14.6. The second kappa shape index (κ2) is 9.19. The van der Waals surface area contributed by atoms with E-state index in [1.54, 1.807) is 14.2 Å². The molecule has 0 heterocycles. The maximum absolute atomic E-state index is 5.17. The molecule has 0 fully saturated rings. The Balaban J connectivity index is 0. The van der Waals surface area contributed by atoms with Crippen LogP contribution in [0.4, 0.5) is 0 Å². The van der Waals surface area contributed by atoms with Crippen molar-refractivity contribution < 1.29 is 9.47 Å². The van der Waals surface area contributed by atoms with E-state index in [2.05, 4.69) is 6.92 Å². The Kier molecular flexibility index (Phi) is 11.2. The molecule has 2 N–H and O–H groups in total. The van der Waals surface area contributed by atoms with E-state index in [-0.39, 0.29) is 5.41 Å². The van der Waals surface area contributed by atoms with Crippen LogP contribution in [0.15, 0.2) is 0 Å². The quantitative estimate of drug-likeness (QED) is 0.507. The van der Waals surface area contributed by atoms with Crippen molar-refractivity contribution in [2.75, 3.05) is 20.8 Å². The fraction of sp³-hybridized carbons (Fsp3) is 1.00. The molecule has 0 aliphatic heterocycles. The summed E-state index contributed by atoms with van der Waals surface area (Å²) in [6, 6.07) is 0. The molecular formula is C8H23NO2Si. The molecule has 0 aromatic carbocycles. The maximum Gasteiger partial charge on any atom is 0.140 e. The van der Waals surface area contributed by atoms with Crippen LogP contribution in [-0.4, -0.2) is 36.4 Å². The van der Waals surface area contributed by atoms with E-state index in [1.807, 2.05) is 6.92 Å². The van der Waals surface area contributed by atoms with Gasteiger partial charge in [0.15, 0.2) is 0 Å². The standard InChI is InChI=1S/C6H16O2Si.C2H7N/c1-4-5-6(9,7-2)8-3;1-2-3/h4-5H2,1-3,9H3;2-3H2,1H3. The number of nitrogens with two attached hydrogens (primary N) is 1. The zero-order chi connectivity index (χ0) is 10.0. The molecule has 12 heavy (non-hydrogen) atoms. The predicted molar refractivity (Wildman–Crippen MR) is 56.3 cm³/mol. The summed E-state index contributed by atoms with van der Waals surface area (Å²) in [5.74, 6) is 0. The van der Waals surface area contributed by atoms with Gasteiger partial charge < -0.3 is 15.2 Å². The molecular weight excluding hydrogens is 170 g/mol. The highest BCUT2D eigenvalue weighted by atomic mass is 28.1. The Morgan fingerprint density at radius 3 is 1.67 bits per heavy atom. The van der Waals surface area contributed by atoms with Crippen molar-refractivity contribution >= 4 is 10.2 Å². The maximum atomic E-state index is 5.17.